The zero-order valence-electron chi connectivity index (χ0n) is 10.3. The summed E-state index contributed by atoms with van der Waals surface area (Å²) in [7, 11) is -2.95. The Hall–Kier alpha value is -1.16. The molecular weight excluding hydrogens is 236 g/mol. The van der Waals surface area contributed by atoms with Gasteiger partial charge in [-0.3, -0.25) is 4.79 Å². The van der Waals surface area contributed by atoms with Gasteiger partial charge in [0.25, 0.3) is 0 Å². The Balaban J connectivity index is 2.37. The lowest BCUT2D eigenvalue weighted by molar-refractivity contribution is -0.118. The first-order chi connectivity index (χ1) is 7.87. The van der Waals surface area contributed by atoms with E-state index in [1.54, 1.807) is 0 Å². The third kappa shape index (κ3) is 6.22. The van der Waals surface area contributed by atoms with Crippen molar-refractivity contribution in [3.05, 3.63) is 35.4 Å². The molecule has 0 fully saturated rings. The highest BCUT2D eigenvalue weighted by atomic mass is 32.2. The summed E-state index contributed by atoms with van der Waals surface area (Å²) in [6.07, 6.45) is 2.34. The average molecular weight is 254 g/mol. The number of sulfone groups is 1. The lowest BCUT2D eigenvalue weighted by Crippen LogP contribution is -2.08. The van der Waals surface area contributed by atoms with Crippen molar-refractivity contribution in [2.24, 2.45) is 0 Å². The predicted octanol–water partition coefficient (Wildman–Crippen LogP) is 1.93. The zero-order valence-corrected chi connectivity index (χ0v) is 11.1. The number of carbonyl (C=O) groups is 1. The molecule has 0 aliphatic heterocycles. The van der Waals surface area contributed by atoms with Crippen molar-refractivity contribution < 1.29 is 13.2 Å². The summed E-state index contributed by atoms with van der Waals surface area (Å²) in [6.45, 7) is 2.00. The third-order valence-corrected chi connectivity index (χ3v) is 3.52. The number of hydrogen-bond donors (Lipinski definition) is 0. The van der Waals surface area contributed by atoms with Crippen molar-refractivity contribution in [2.75, 3.05) is 12.0 Å². The first kappa shape index (κ1) is 13.9. The molecule has 0 bridgehead atoms. The summed E-state index contributed by atoms with van der Waals surface area (Å²) in [5, 5.41) is 0. The van der Waals surface area contributed by atoms with Crippen LogP contribution in [0, 0.1) is 6.92 Å². The van der Waals surface area contributed by atoms with E-state index < -0.39 is 9.84 Å². The van der Waals surface area contributed by atoms with E-state index in [2.05, 4.69) is 0 Å². The minimum absolute atomic E-state index is 0.0899. The Labute approximate surface area is 103 Å². The van der Waals surface area contributed by atoms with E-state index in [-0.39, 0.29) is 11.5 Å². The fraction of sp³-hybridized carbons (Fsp3) is 0.462. The first-order valence-corrected chi connectivity index (χ1v) is 7.68. The summed E-state index contributed by atoms with van der Waals surface area (Å²) in [4.78, 5) is 11.6. The SMILES string of the molecule is Cc1ccc(CC(=O)CCCS(C)(=O)=O)cc1. The molecule has 3 nitrogen and oxygen atoms in total. The highest BCUT2D eigenvalue weighted by molar-refractivity contribution is 7.90. The molecule has 0 N–H and O–H groups in total. The largest absolute Gasteiger partial charge is 0.299 e. The van der Waals surface area contributed by atoms with Gasteiger partial charge < -0.3 is 0 Å². The monoisotopic (exact) mass is 254 g/mol. The number of benzene rings is 1. The highest BCUT2D eigenvalue weighted by Gasteiger charge is 2.07. The van der Waals surface area contributed by atoms with Crippen LogP contribution in [0.5, 0.6) is 0 Å². The van der Waals surface area contributed by atoms with Crippen LogP contribution in [0.1, 0.15) is 24.0 Å². The molecule has 0 aliphatic carbocycles. The maximum absolute atomic E-state index is 11.6. The highest BCUT2D eigenvalue weighted by Crippen LogP contribution is 2.06. The Morgan fingerprint density at radius 1 is 1.18 bits per heavy atom. The van der Waals surface area contributed by atoms with Crippen LogP contribution >= 0.6 is 0 Å². The summed E-state index contributed by atoms with van der Waals surface area (Å²) in [5.41, 5.74) is 2.15. The van der Waals surface area contributed by atoms with Gasteiger partial charge in [0.15, 0.2) is 0 Å². The van der Waals surface area contributed by atoms with Gasteiger partial charge in [0.05, 0.1) is 5.75 Å². The molecule has 94 valence electrons. The van der Waals surface area contributed by atoms with Gasteiger partial charge in [-0.25, -0.2) is 8.42 Å². The summed E-state index contributed by atoms with van der Waals surface area (Å²) >= 11 is 0. The molecular formula is C13H18O3S. The average Bonchev–Trinajstić information content (AvgIpc) is 2.19. The second-order valence-corrected chi connectivity index (χ2v) is 6.69. The van der Waals surface area contributed by atoms with Gasteiger partial charge in [-0.2, -0.15) is 0 Å². The van der Waals surface area contributed by atoms with Crippen molar-refractivity contribution in [1.82, 2.24) is 0 Å². The van der Waals surface area contributed by atoms with Crippen LogP contribution in [-0.2, 0) is 21.1 Å². The van der Waals surface area contributed by atoms with E-state index in [1.165, 1.54) is 11.8 Å². The van der Waals surface area contributed by atoms with Gasteiger partial charge >= 0.3 is 0 Å². The maximum atomic E-state index is 11.6. The lowest BCUT2D eigenvalue weighted by Gasteiger charge is -2.02. The van der Waals surface area contributed by atoms with E-state index in [0.29, 0.717) is 19.3 Å². The minimum Gasteiger partial charge on any atom is -0.299 e. The third-order valence-electron chi connectivity index (χ3n) is 2.49. The number of carbonyl (C=O) groups excluding carboxylic acids is 1. The molecule has 1 aromatic rings. The van der Waals surface area contributed by atoms with Crippen LogP contribution in [0.15, 0.2) is 24.3 Å². The van der Waals surface area contributed by atoms with Gasteiger partial charge in [-0.05, 0) is 18.9 Å². The van der Waals surface area contributed by atoms with Crippen molar-refractivity contribution in [3.63, 3.8) is 0 Å². The fourth-order valence-electron chi connectivity index (χ4n) is 1.55. The Bertz CT molecular complexity index is 472. The zero-order chi connectivity index (χ0) is 12.9. The smallest absolute Gasteiger partial charge is 0.147 e. The Kier molecular flexibility index (Phi) is 4.87. The van der Waals surface area contributed by atoms with Crippen LogP contribution in [0.25, 0.3) is 0 Å². The standard InChI is InChI=1S/C13H18O3S/c1-11-5-7-12(8-6-11)10-13(14)4-3-9-17(2,15)16/h5-8H,3-4,9-10H2,1-2H3. The second-order valence-electron chi connectivity index (χ2n) is 4.43. The normalized spacial score (nSPS) is 11.4. The molecule has 0 spiro atoms. The minimum atomic E-state index is -2.95. The van der Waals surface area contributed by atoms with E-state index in [1.807, 2.05) is 31.2 Å². The molecule has 0 saturated heterocycles. The van der Waals surface area contributed by atoms with E-state index in [0.717, 1.165) is 5.56 Å². The van der Waals surface area contributed by atoms with E-state index in [9.17, 15) is 13.2 Å². The van der Waals surface area contributed by atoms with Crippen molar-refractivity contribution >= 4 is 15.6 Å². The Morgan fingerprint density at radius 3 is 2.29 bits per heavy atom. The molecule has 1 rings (SSSR count). The molecule has 0 aromatic heterocycles. The summed E-state index contributed by atoms with van der Waals surface area (Å²) < 4.78 is 21.8. The maximum Gasteiger partial charge on any atom is 0.147 e. The molecule has 0 saturated carbocycles. The van der Waals surface area contributed by atoms with Gasteiger partial charge in [0, 0.05) is 19.1 Å². The molecule has 0 heterocycles. The number of hydrogen-bond acceptors (Lipinski definition) is 3. The van der Waals surface area contributed by atoms with Crippen molar-refractivity contribution in [2.45, 2.75) is 26.2 Å². The molecule has 1 aromatic carbocycles. The quantitative estimate of drug-likeness (QED) is 0.779. The molecule has 0 amide bonds. The molecule has 17 heavy (non-hydrogen) atoms. The topological polar surface area (TPSA) is 51.2 Å². The molecule has 0 atom stereocenters. The molecule has 4 heteroatoms. The lowest BCUT2D eigenvalue weighted by atomic mass is 10.0. The van der Waals surface area contributed by atoms with Crippen molar-refractivity contribution in [1.29, 1.82) is 0 Å². The molecule has 0 unspecified atom stereocenters. The fourth-order valence-corrected chi connectivity index (χ4v) is 2.22. The van der Waals surface area contributed by atoms with E-state index >= 15 is 0 Å². The van der Waals surface area contributed by atoms with Crippen molar-refractivity contribution in [3.8, 4) is 0 Å². The Morgan fingerprint density at radius 2 is 1.76 bits per heavy atom. The predicted molar refractivity (Wildman–Crippen MR) is 68.8 cm³/mol. The van der Waals surface area contributed by atoms with Gasteiger partial charge in [-0.15, -0.1) is 0 Å². The summed E-state index contributed by atoms with van der Waals surface area (Å²) in [6, 6.07) is 7.81. The number of rotatable bonds is 6. The molecule has 0 aliphatic rings. The molecule has 0 radical (unpaired) electrons. The van der Waals surface area contributed by atoms with Gasteiger partial charge in [0.2, 0.25) is 0 Å². The first-order valence-electron chi connectivity index (χ1n) is 5.62. The number of aryl methyl sites for hydroxylation is 1. The van der Waals surface area contributed by atoms with Gasteiger partial charge in [-0.1, -0.05) is 29.8 Å². The number of Topliss-reactive ketones (excluding diaryl/α,β-unsaturated/α-hetero) is 1. The van der Waals surface area contributed by atoms with Crippen LogP contribution in [0.3, 0.4) is 0 Å². The second kappa shape index (κ2) is 5.96. The van der Waals surface area contributed by atoms with Gasteiger partial charge in [0.1, 0.15) is 15.6 Å². The summed E-state index contributed by atoms with van der Waals surface area (Å²) in [5.74, 6) is 0.185. The van der Waals surface area contributed by atoms with Crippen LogP contribution in [0.4, 0.5) is 0 Å². The number of ketones is 1. The van der Waals surface area contributed by atoms with Crippen LogP contribution in [-0.4, -0.2) is 26.2 Å². The van der Waals surface area contributed by atoms with E-state index in [4.69, 9.17) is 0 Å². The van der Waals surface area contributed by atoms with Crippen LogP contribution < -0.4 is 0 Å². The van der Waals surface area contributed by atoms with Crippen LogP contribution in [0.2, 0.25) is 0 Å².